The monoisotopic (exact) mass is 370 g/mol. The van der Waals surface area contributed by atoms with E-state index >= 15 is 0 Å². The van der Waals surface area contributed by atoms with E-state index < -0.39 is 5.97 Å². The molecule has 1 aliphatic heterocycles. The van der Waals surface area contributed by atoms with Crippen LogP contribution in [0.2, 0.25) is 0 Å². The molecule has 0 amide bonds. The molecule has 0 atom stereocenters. The summed E-state index contributed by atoms with van der Waals surface area (Å²) in [5.41, 5.74) is 1.27. The van der Waals surface area contributed by atoms with Crippen molar-refractivity contribution in [2.45, 2.75) is 13.3 Å². The number of benzene rings is 1. The molecule has 1 N–H and O–H groups in total. The standard InChI is InChI=1S/C20H26N4O3/c1-2-27-20(25)17-15-22-18(16-7-4-3-5-8-16)23-19(17)21-9-6-10-24-11-13-26-14-12-24/h3-5,7-8,15H,2,6,9-14H2,1H3,(H,21,22,23). The van der Waals surface area contributed by atoms with Crippen molar-refractivity contribution in [3.63, 3.8) is 0 Å². The molecule has 27 heavy (non-hydrogen) atoms. The third-order valence-electron chi connectivity index (χ3n) is 4.36. The number of nitrogens with zero attached hydrogens (tertiary/aromatic N) is 3. The zero-order valence-electron chi connectivity index (χ0n) is 15.7. The van der Waals surface area contributed by atoms with E-state index in [0.717, 1.165) is 51.4 Å². The molecule has 0 unspecified atom stereocenters. The quantitative estimate of drug-likeness (QED) is 0.565. The summed E-state index contributed by atoms with van der Waals surface area (Å²) in [6.07, 6.45) is 2.49. The Kier molecular flexibility index (Phi) is 7.12. The van der Waals surface area contributed by atoms with Crippen molar-refractivity contribution in [1.29, 1.82) is 0 Å². The van der Waals surface area contributed by atoms with Crippen LogP contribution in [0, 0.1) is 0 Å². The minimum Gasteiger partial charge on any atom is -0.462 e. The Balaban J connectivity index is 1.68. The average Bonchev–Trinajstić information content (AvgIpc) is 2.72. The number of hydrogen-bond acceptors (Lipinski definition) is 7. The lowest BCUT2D eigenvalue weighted by molar-refractivity contribution is 0.0378. The highest BCUT2D eigenvalue weighted by Crippen LogP contribution is 2.20. The Morgan fingerprint density at radius 3 is 2.78 bits per heavy atom. The van der Waals surface area contributed by atoms with Gasteiger partial charge in [-0.05, 0) is 19.9 Å². The molecule has 1 aliphatic rings. The number of esters is 1. The van der Waals surface area contributed by atoms with Crippen molar-refractivity contribution in [1.82, 2.24) is 14.9 Å². The van der Waals surface area contributed by atoms with E-state index in [0.29, 0.717) is 23.8 Å². The molecule has 2 heterocycles. The molecule has 7 heteroatoms. The summed E-state index contributed by atoms with van der Waals surface area (Å²) in [5, 5.41) is 3.29. The van der Waals surface area contributed by atoms with Crippen LogP contribution in [-0.2, 0) is 9.47 Å². The fraction of sp³-hybridized carbons (Fsp3) is 0.450. The van der Waals surface area contributed by atoms with Gasteiger partial charge in [-0.1, -0.05) is 30.3 Å². The molecule has 0 spiro atoms. The normalized spacial score (nSPS) is 14.7. The smallest absolute Gasteiger partial charge is 0.343 e. The first kappa shape index (κ1) is 19.3. The number of carbonyl (C=O) groups excluding carboxylic acids is 1. The van der Waals surface area contributed by atoms with Gasteiger partial charge < -0.3 is 14.8 Å². The molecule has 1 aromatic heterocycles. The van der Waals surface area contributed by atoms with E-state index in [1.54, 1.807) is 6.92 Å². The lowest BCUT2D eigenvalue weighted by atomic mass is 10.2. The first-order valence-electron chi connectivity index (χ1n) is 9.41. The van der Waals surface area contributed by atoms with Crippen LogP contribution >= 0.6 is 0 Å². The zero-order chi connectivity index (χ0) is 18.9. The van der Waals surface area contributed by atoms with Crippen molar-refractivity contribution in [3.8, 4) is 11.4 Å². The van der Waals surface area contributed by atoms with Gasteiger partial charge in [-0.25, -0.2) is 14.8 Å². The summed E-state index contributed by atoms with van der Waals surface area (Å²) in [4.78, 5) is 23.5. The molecule has 1 saturated heterocycles. The maximum atomic E-state index is 12.2. The molecule has 7 nitrogen and oxygen atoms in total. The molecule has 3 rings (SSSR count). The fourth-order valence-corrected chi connectivity index (χ4v) is 2.94. The second kappa shape index (κ2) is 9.99. The second-order valence-corrected chi connectivity index (χ2v) is 6.28. The number of anilines is 1. The predicted molar refractivity (Wildman–Crippen MR) is 104 cm³/mol. The van der Waals surface area contributed by atoms with E-state index in [4.69, 9.17) is 9.47 Å². The number of rotatable bonds is 8. The van der Waals surface area contributed by atoms with Crippen LogP contribution in [0.1, 0.15) is 23.7 Å². The molecule has 0 aliphatic carbocycles. The zero-order valence-corrected chi connectivity index (χ0v) is 15.7. The fourth-order valence-electron chi connectivity index (χ4n) is 2.94. The van der Waals surface area contributed by atoms with Gasteiger partial charge in [-0.3, -0.25) is 4.90 Å². The average molecular weight is 370 g/mol. The largest absolute Gasteiger partial charge is 0.462 e. The van der Waals surface area contributed by atoms with Crippen molar-refractivity contribution in [2.75, 3.05) is 51.3 Å². The Hall–Kier alpha value is -2.51. The van der Waals surface area contributed by atoms with E-state index in [2.05, 4.69) is 20.2 Å². The predicted octanol–water partition coefficient (Wildman–Crippen LogP) is 2.45. The van der Waals surface area contributed by atoms with Crippen molar-refractivity contribution in [2.24, 2.45) is 0 Å². The molecule has 2 aromatic rings. The molecule has 0 saturated carbocycles. The SMILES string of the molecule is CCOC(=O)c1cnc(-c2ccccc2)nc1NCCCN1CCOCC1. The Morgan fingerprint density at radius 1 is 1.26 bits per heavy atom. The Bertz CT molecular complexity index is 733. The minimum absolute atomic E-state index is 0.315. The van der Waals surface area contributed by atoms with Crippen LogP contribution in [0.3, 0.4) is 0 Å². The topological polar surface area (TPSA) is 76.6 Å². The van der Waals surface area contributed by atoms with Gasteiger partial charge in [0.1, 0.15) is 11.4 Å². The maximum absolute atomic E-state index is 12.2. The van der Waals surface area contributed by atoms with Gasteiger partial charge in [0.25, 0.3) is 0 Å². The number of morpholine rings is 1. The second-order valence-electron chi connectivity index (χ2n) is 6.28. The Morgan fingerprint density at radius 2 is 2.04 bits per heavy atom. The minimum atomic E-state index is -0.409. The maximum Gasteiger partial charge on any atom is 0.343 e. The number of hydrogen-bond donors (Lipinski definition) is 1. The van der Waals surface area contributed by atoms with Crippen LogP contribution in [0.25, 0.3) is 11.4 Å². The van der Waals surface area contributed by atoms with Gasteiger partial charge >= 0.3 is 5.97 Å². The number of aromatic nitrogens is 2. The van der Waals surface area contributed by atoms with Crippen LogP contribution in [0.15, 0.2) is 36.5 Å². The molecule has 0 bridgehead atoms. The lowest BCUT2D eigenvalue weighted by Gasteiger charge is -2.26. The van der Waals surface area contributed by atoms with Gasteiger partial charge in [0.2, 0.25) is 0 Å². The third-order valence-corrected chi connectivity index (χ3v) is 4.36. The van der Waals surface area contributed by atoms with Crippen LogP contribution in [0.5, 0.6) is 0 Å². The van der Waals surface area contributed by atoms with Gasteiger partial charge in [-0.15, -0.1) is 0 Å². The summed E-state index contributed by atoms with van der Waals surface area (Å²) >= 11 is 0. The summed E-state index contributed by atoms with van der Waals surface area (Å²) in [6.45, 7) is 7.35. The summed E-state index contributed by atoms with van der Waals surface area (Å²) in [5.74, 6) is 0.691. The molecule has 0 radical (unpaired) electrons. The van der Waals surface area contributed by atoms with Crippen LogP contribution in [-0.4, -0.2) is 66.8 Å². The van der Waals surface area contributed by atoms with E-state index in [1.807, 2.05) is 30.3 Å². The summed E-state index contributed by atoms with van der Waals surface area (Å²) in [6, 6.07) is 9.71. The first-order chi connectivity index (χ1) is 13.3. The highest BCUT2D eigenvalue weighted by Gasteiger charge is 2.16. The molecular weight excluding hydrogens is 344 g/mol. The number of ether oxygens (including phenoxy) is 2. The summed E-state index contributed by atoms with van der Waals surface area (Å²) in [7, 11) is 0. The Labute approximate surface area is 159 Å². The third kappa shape index (κ3) is 5.48. The molecular formula is C20H26N4O3. The molecule has 1 aromatic carbocycles. The van der Waals surface area contributed by atoms with E-state index in [-0.39, 0.29) is 0 Å². The van der Waals surface area contributed by atoms with Gasteiger partial charge in [0.05, 0.1) is 19.8 Å². The summed E-state index contributed by atoms with van der Waals surface area (Å²) < 4.78 is 10.5. The van der Waals surface area contributed by atoms with Gasteiger partial charge in [0.15, 0.2) is 5.82 Å². The van der Waals surface area contributed by atoms with Crippen molar-refractivity contribution >= 4 is 11.8 Å². The van der Waals surface area contributed by atoms with Crippen molar-refractivity contribution in [3.05, 3.63) is 42.1 Å². The van der Waals surface area contributed by atoms with Gasteiger partial charge in [0, 0.05) is 31.4 Å². The van der Waals surface area contributed by atoms with Crippen molar-refractivity contribution < 1.29 is 14.3 Å². The molecule has 1 fully saturated rings. The first-order valence-corrected chi connectivity index (χ1v) is 9.41. The van der Waals surface area contributed by atoms with Gasteiger partial charge in [-0.2, -0.15) is 0 Å². The number of carbonyl (C=O) groups is 1. The lowest BCUT2D eigenvalue weighted by Crippen LogP contribution is -2.37. The highest BCUT2D eigenvalue weighted by molar-refractivity contribution is 5.94. The van der Waals surface area contributed by atoms with E-state index in [9.17, 15) is 4.79 Å². The van der Waals surface area contributed by atoms with Crippen LogP contribution in [0.4, 0.5) is 5.82 Å². The number of nitrogens with one attached hydrogen (secondary N) is 1. The van der Waals surface area contributed by atoms with Crippen LogP contribution < -0.4 is 5.32 Å². The highest BCUT2D eigenvalue weighted by atomic mass is 16.5. The molecule has 144 valence electrons. The van der Waals surface area contributed by atoms with E-state index in [1.165, 1.54) is 6.20 Å².